The number of hydrogen-bond donors (Lipinski definition) is 1. The van der Waals surface area contributed by atoms with Crippen molar-refractivity contribution in [1.82, 2.24) is 9.97 Å². The summed E-state index contributed by atoms with van der Waals surface area (Å²) in [5.74, 6) is 2.67. The lowest BCUT2D eigenvalue weighted by Gasteiger charge is -2.11. The highest BCUT2D eigenvalue weighted by Gasteiger charge is 2.21. The summed E-state index contributed by atoms with van der Waals surface area (Å²) in [6, 6.07) is 2.12. The molecule has 3 nitrogen and oxygen atoms in total. The zero-order chi connectivity index (χ0) is 12.4. The van der Waals surface area contributed by atoms with Crippen LogP contribution in [0.15, 0.2) is 11.4 Å². The Kier molecular flexibility index (Phi) is 3.46. The third kappa shape index (κ3) is 2.21. The summed E-state index contributed by atoms with van der Waals surface area (Å²) in [7, 11) is 0. The summed E-state index contributed by atoms with van der Waals surface area (Å²) >= 11 is 1.72. The molecule has 3 rings (SSSR count). The van der Waals surface area contributed by atoms with E-state index in [-0.39, 0.29) is 0 Å². The Morgan fingerprint density at radius 1 is 1.33 bits per heavy atom. The topological polar surface area (TPSA) is 37.8 Å². The Hall–Kier alpha value is -1.16. The highest BCUT2D eigenvalue weighted by Crippen LogP contribution is 2.35. The van der Waals surface area contributed by atoms with Gasteiger partial charge in [0.05, 0.1) is 5.39 Å². The van der Waals surface area contributed by atoms with Gasteiger partial charge in [0.2, 0.25) is 0 Å². The van der Waals surface area contributed by atoms with Gasteiger partial charge in [-0.15, -0.1) is 11.3 Å². The van der Waals surface area contributed by atoms with Gasteiger partial charge < -0.3 is 5.32 Å². The van der Waals surface area contributed by atoms with Gasteiger partial charge in [0.15, 0.2) is 0 Å². The third-order valence-electron chi connectivity index (χ3n) is 3.61. The fraction of sp³-hybridized carbons (Fsp3) is 0.571. The van der Waals surface area contributed by atoms with Crippen LogP contribution in [0.3, 0.4) is 0 Å². The predicted molar refractivity (Wildman–Crippen MR) is 77.4 cm³/mol. The van der Waals surface area contributed by atoms with Crippen molar-refractivity contribution in [3.05, 3.63) is 17.3 Å². The number of fused-ring (bicyclic) bond motifs is 1. The first-order valence-corrected chi connectivity index (χ1v) is 7.75. The minimum absolute atomic E-state index is 0.582. The van der Waals surface area contributed by atoms with Gasteiger partial charge in [-0.2, -0.15) is 0 Å². The van der Waals surface area contributed by atoms with Gasteiger partial charge in [0.1, 0.15) is 16.5 Å². The molecule has 4 heteroatoms. The highest BCUT2D eigenvalue weighted by molar-refractivity contribution is 7.16. The molecule has 0 aliphatic heterocycles. The number of aromatic nitrogens is 2. The number of hydrogen-bond acceptors (Lipinski definition) is 4. The molecule has 2 heterocycles. The van der Waals surface area contributed by atoms with E-state index in [0.29, 0.717) is 5.92 Å². The van der Waals surface area contributed by atoms with Crippen molar-refractivity contribution in [2.75, 3.05) is 11.9 Å². The highest BCUT2D eigenvalue weighted by atomic mass is 32.1. The molecule has 0 spiro atoms. The van der Waals surface area contributed by atoms with E-state index in [1.54, 1.807) is 11.3 Å². The molecule has 0 amide bonds. The van der Waals surface area contributed by atoms with Crippen molar-refractivity contribution >= 4 is 27.4 Å². The van der Waals surface area contributed by atoms with Crippen LogP contribution in [-0.2, 0) is 0 Å². The van der Waals surface area contributed by atoms with Crippen molar-refractivity contribution in [2.45, 2.75) is 44.9 Å². The molecule has 0 saturated heterocycles. The van der Waals surface area contributed by atoms with Crippen LogP contribution < -0.4 is 5.32 Å². The minimum atomic E-state index is 0.582. The molecule has 2 aromatic rings. The molecule has 1 N–H and O–H groups in total. The number of rotatable bonds is 4. The first-order chi connectivity index (χ1) is 8.88. The molecule has 1 saturated carbocycles. The Bertz CT molecular complexity index is 529. The molecule has 1 aliphatic carbocycles. The quantitative estimate of drug-likeness (QED) is 0.897. The van der Waals surface area contributed by atoms with Crippen molar-refractivity contribution < 1.29 is 0 Å². The second-order valence-corrected chi connectivity index (χ2v) is 5.87. The molecule has 96 valence electrons. The van der Waals surface area contributed by atoms with E-state index in [4.69, 9.17) is 9.97 Å². The van der Waals surface area contributed by atoms with Gasteiger partial charge in [0.25, 0.3) is 0 Å². The number of nitrogens with one attached hydrogen (secondary N) is 1. The van der Waals surface area contributed by atoms with Gasteiger partial charge in [-0.05, 0) is 30.7 Å². The SMILES string of the molecule is CCCNc1nc(C2CCCC2)nc2sccc12. The largest absolute Gasteiger partial charge is 0.369 e. The lowest BCUT2D eigenvalue weighted by molar-refractivity contribution is 0.673. The maximum Gasteiger partial charge on any atom is 0.138 e. The van der Waals surface area contributed by atoms with Gasteiger partial charge in [-0.25, -0.2) is 9.97 Å². The van der Waals surface area contributed by atoms with Crippen molar-refractivity contribution in [3.8, 4) is 0 Å². The van der Waals surface area contributed by atoms with Crippen LogP contribution in [0.4, 0.5) is 5.82 Å². The average molecular weight is 261 g/mol. The summed E-state index contributed by atoms with van der Waals surface area (Å²) in [6.07, 6.45) is 6.28. The van der Waals surface area contributed by atoms with E-state index in [0.717, 1.165) is 29.4 Å². The maximum atomic E-state index is 4.78. The minimum Gasteiger partial charge on any atom is -0.369 e. The molecule has 18 heavy (non-hydrogen) atoms. The Morgan fingerprint density at radius 3 is 2.94 bits per heavy atom. The second-order valence-electron chi connectivity index (χ2n) is 4.98. The standard InChI is InChI=1S/C14H19N3S/c1-2-8-15-13-11-7-9-18-14(11)17-12(16-13)10-5-3-4-6-10/h7,9-10H,2-6,8H2,1H3,(H,15,16,17). The molecule has 0 radical (unpaired) electrons. The number of anilines is 1. The third-order valence-corrected chi connectivity index (χ3v) is 4.41. The molecule has 0 unspecified atom stereocenters. The molecular weight excluding hydrogens is 242 g/mol. The van der Waals surface area contributed by atoms with Gasteiger partial charge in [0, 0.05) is 12.5 Å². The number of thiophene rings is 1. The Morgan fingerprint density at radius 2 is 2.17 bits per heavy atom. The lowest BCUT2D eigenvalue weighted by atomic mass is 10.1. The maximum absolute atomic E-state index is 4.78. The van der Waals surface area contributed by atoms with Crippen LogP contribution in [-0.4, -0.2) is 16.5 Å². The first-order valence-electron chi connectivity index (χ1n) is 6.87. The van der Waals surface area contributed by atoms with E-state index in [9.17, 15) is 0 Å². The summed E-state index contributed by atoms with van der Waals surface area (Å²) < 4.78 is 0. The molecule has 0 aromatic carbocycles. The molecule has 1 aliphatic rings. The second kappa shape index (κ2) is 5.22. The van der Waals surface area contributed by atoms with Crippen LogP contribution >= 0.6 is 11.3 Å². The lowest BCUT2D eigenvalue weighted by Crippen LogP contribution is -2.07. The Labute approximate surface area is 112 Å². The number of nitrogens with zero attached hydrogens (tertiary/aromatic N) is 2. The van der Waals surface area contributed by atoms with Crippen LogP contribution in [0.25, 0.3) is 10.2 Å². The van der Waals surface area contributed by atoms with Crippen LogP contribution in [0.1, 0.15) is 50.8 Å². The molecule has 0 bridgehead atoms. The van der Waals surface area contributed by atoms with E-state index < -0.39 is 0 Å². The average Bonchev–Trinajstić information content (AvgIpc) is 3.05. The molecule has 1 fully saturated rings. The van der Waals surface area contributed by atoms with E-state index in [2.05, 4.69) is 23.7 Å². The van der Waals surface area contributed by atoms with Crippen LogP contribution in [0, 0.1) is 0 Å². The Balaban J connectivity index is 1.99. The van der Waals surface area contributed by atoms with Crippen LogP contribution in [0.2, 0.25) is 0 Å². The zero-order valence-electron chi connectivity index (χ0n) is 10.8. The van der Waals surface area contributed by atoms with E-state index in [1.165, 1.54) is 31.1 Å². The summed E-state index contributed by atoms with van der Waals surface area (Å²) in [5, 5.41) is 6.73. The molecule has 2 aromatic heterocycles. The monoisotopic (exact) mass is 261 g/mol. The normalized spacial score (nSPS) is 16.5. The first kappa shape index (κ1) is 11.9. The fourth-order valence-electron chi connectivity index (χ4n) is 2.62. The zero-order valence-corrected chi connectivity index (χ0v) is 11.6. The smallest absolute Gasteiger partial charge is 0.138 e. The summed E-state index contributed by atoms with van der Waals surface area (Å²) in [5.41, 5.74) is 0. The molecular formula is C14H19N3S. The van der Waals surface area contributed by atoms with Gasteiger partial charge >= 0.3 is 0 Å². The summed E-state index contributed by atoms with van der Waals surface area (Å²) in [4.78, 5) is 10.7. The van der Waals surface area contributed by atoms with Crippen molar-refractivity contribution in [2.24, 2.45) is 0 Å². The van der Waals surface area contributed by atoms with Crippen molar-refractivity contribution in [3.63, 3.8) is 0 Å². The predicted octanol–water partition coefficient (Wildman–Crippen LogP) is 4.17. The summed E-state index contributed by atoms with van der Waals surface area (Å²) in [6.45, 7) is 3.16. The van der Waals surface area contributed by atoms with Gasteiger partial charge in [-0.1, -0.05) is 19.8 Å². The van der Waals surface area contributed by atoms with Crippen molar-refractivity contribution in [1.29, 1.82) is 0 Å². The molecule has 0 atom stereocenters. The van der Waals surface area contributed by atoms with Crippen LogP contribution in [0.5, 0.6) is 0 Å². The van der Waals surface area contributed by atoms with E-state index in [1.807, 2.05) is 0 Å². The van der Waals surface area contributed by atoms with Gasteiger partial charge in [-0.3, -0.25) is 0 Å². The fourth-order valence-corrected chi connectivity index (χ4v) is 3.39. The van der Waals surface area contributed by atoms with E-state index >= 15 is 0 Å².